The molecule has 6 nitrogen and oxygen atoms in total. The minimum absolute atomic E-state index is 0.0356. The molecule has 4 rings (SSSR count). The third-order valence-electron chi connectivity index (χ3n) is 4.70. The van der Waals surface area contributed by atoms with E-state index >= 15 is 0 Å². The fraction of sp³-hybridized carbons (Fsp3) is 0.174. The maximum absolute atomic E-state index is 13.1. The van der Waals surface area contributed by atoms with Crippen molar-refractivity contribution in [3.63, 3.8) is 0 Å². The van der Waals surface area contributed by atoms with Crippen molar-refractivity contribution in [3.05, 3.63) is 71.0 Å². The number of amides is 1. The lowest BCUT2D eigenvalue weighted by Gasteiger charge is -2.05. The summed E-state index contributed by atoms with van der Waals surface area (Å²) in [4.78, 5) is 29.9. The minimum Gasteiger partial charge on any atom is -0.494 e. The number of aromatic nitrogens is 1. The van der Waals surface area contributed by atoms with E-state index in [4.69, 9.17) is 9.47 Å². The van der Waals surface area contributed by atoms with Gasteiger partial charge in [0, 0.05) is 5.56 Å². The van der Waals surface area contributed by atoms with Crippen LogP contribution < -0.4 is 9.54 Å². The number of rotatable bonds is 5. The van der Waals surface area contributed by atoms with Gasteiger partial charge in [0.2, 0.25) is 0 Å². The summed E-state index contributed by atoms with van der Waals surface area (Å²) in [6.45, 7) is 2.43. The van der Waals surface area contributed by atoms with Crippen molar-refractivity contribution < 1.29 is 19.1 Å². The van der Waals surface area contributed by atoms with Crippen LogP contribution in [0.2, 0.25) is 0 Å². The Kier molecular flexibility index (Phi) is 5.63. The number of carbonyl (C=O) groups is 2. The quantitative estimate of drug-likeness (QED) is 0.455. The summed E-state index contributed by atoms with van der Waals surface area (Å²) in [6.07, 6.45) is 0. The van der Waals surface area contributed by atoms with Gasteiger partial charge < -0.3 is 14.0 Å². The number of carbonyl (C=O) groups excluding carboxylic acids is 2. The Bertz CT molecular complexity index is 1310. The van der Waals surface area contributed by atoms with Gasteiger partial charge in [0.05, 0.1) is 23.9 Å². The molecule has 0 bridgehead atoms. The second kappa shape index (κ2) is 8.51. The highest BCUT2D eigenvalue weighted by Crippen LogP contribution is 2.24. The molecular weight excluding hydrogens is 400 g/mol. The van der Waals surface area contributed by atoms with Crippen LogP contribution in [0.5, 0.6) is 5.75 Å². The molecule has 1 aromatic heterocycles. The van der Waals surface area contributed by atoms with Crippen molar-refractivity contribution in [1.82, 2.24) is 4.57 Å². The fourth-order valence-electron chi connectivity index (χ4n) is 3.30. The smallest absolute Gasteiger partial charge is 0.325 e. The van der Waals surface area contributed by atoms with Crippen molar-refractivity contribution in [2.45, 2.75) is 13.5 Å². The molecule has 0 saturated carbocycles. The van der Waals surface area contributed by atoms with Crippen LogP contribution >= 0.6 is 11.3 Å². The summed E-state index contributed by atoms with van der Waals surface area (Å²) in [5, 5.41) is 1.81. The number of esters is 1. The standard InChI is InChI=1S/C23H20N2O4S/c1-3-29-16-11-12-19-20(13-16)30-23(25(19)14-21(26)28-2)24-22(27)18-10-6-8-15-7-4-5-9-17(15)18/h4-13H,3,14H2,1-2H3. The molecule has 4 aromatic rings. The average molecular weight is 420 g/mol. The number of methoxy groups -OCH3 is 1. The normalized spacial score (nSPS) is 11.7. The Balaban J connectivity index is 1.87. The molecule has 1 amide bonds. The molecule has 0 saturated heterocycles. The lowest BCUT2D eigenvalue weighted by Crippen LogP contribution is -2.22. The van der Waals surface area contributed by atoms with Gasteiger partial charge in [-0.3, -0.25) is 9.59 Å². The van der Waals surface area contributed by atoms with Crippen molar-refractivity contribution in [2.24, 2.45) is 4.99 Å². The number of fused-ring (bicyclic) bond motifs is 2. The summed E-state index contributed by atoms with van der Waals surface area (Å²) in [5.41, 5.74) is 1.31. The van der Waals surface area contributed by atoms with Gasteiger partial charge >= 0.3 is 5.97 Å². The van der Waals surface area contributed by atoms with Crippen LogP contribution in [-0.2, 0) is 16.1 Å². The summed E-state index contributed by atoms with van der Waals surface area (Å²) in [5.74, 6) is -0.0481. The molecule has 0 radical (unpaired) electrons. The number of hydrogen-bond donors (Lipinski definition) is 0. The van der Waals surface area contributed by atoms with Gasteiger partial charge in [-0.05, 0) is 42.0 Å². The second-order valence-corrected chi connectivity index (χ2v) is 7.56. The molecule has 0 N–H and O–H groups in total. The maximum atomic E-state index is 13.1. The first-order valence-electron chi connectivity index (χ1n) is 9.50. The first-order valence-corrected chi connectivity index (χ1v) is 10.3. The molecule has 0 fully saturated rings. The third kappa shape index (κ3) is 3.84. The van der Waals surface area contributed by atoms with Crippen LogP contribution in [0.1, 0.15) is 17.3 Å². The molecule has 7 heteroatoms. The van der Waals surface area contributed by atoms with E-state index in [1.165, 1.54) is 18.4 Å². The van der Waals surface area contributed by atoms with Crippen LogP contribution in [-0.4, -0.2) is 30.2 Å². The molecule has 0 spiro atoms. The highest BCUT2D eigenvalue weighted by atomic mass is 32.1. The van der Waals surface area contributed by atoms with E-state index in [0.29, 0.717) is 17.0 Å². The van der Waals surface area contributed by atoms with Crippen LogP contribution in [0.25, 0.3) is 21.0 Å². The molecule has 30 heavy (non-hydrogen) atoms. The Morgan fingerprint density at radius 1 is 1.07 bits per heavy atom. The third-order valence-corrected chi connectivity index (χ3v) is 5.74. The summed E-state index contributed by atoms with van der Waals surface area (Å²) in [6, 6.07) is 18.8. The average Bonchev–Trinajstić information content (AvgIpc) is 3.09. The molecule has 0 aliphatic carbocycles. The maximum Gasteiger partial charge on any atom is 0.325 e. The fourth-order valence-corrected chi connectivity index (χ4v) is 4.36. The zero-order chi connectivity index (χ0) is 21.1. The number of nitrogens with zero attached hydrogens (tertiary/aromatic N) is 2. The number of thiazole rings is 1. The van der Waals surface area contributed by atoms with E-state index in [9.17, 15) is 9.59 Å². The van der Waals surface area contributed by atoms with E-state index in [0.717, 1.165) is 26.7 Å². The van der Waals surface area contributed by atoms with Gasteiger partial charge in [0.25, 0.3) is 5.91 Å². The Hall–Kier alpha value is -3.45. The Morgan fingerprint density at radius 2 is 1.87 bits per heavy atom. The highest BCUT2D eigenvalue weighted by Gasteiger charge is 2.14. The first kappa shape index (κ1) is 19.8. The molecule has 0 aliphatic heterocycles. The Labute approximate surface area is 177 Å². The molecule has 152 valence electrons. The van der Waals surface area contributed by atoms with Gasteiger partial charge in [0.1, 0.15) is 12.3 Å². The van der Waals surface area contributed by atoms with E-state index < -0.39 is 5.97 Å². The van der Waals surface area contributed by atoms with E-state index in [-0.39, 0.29) is 12.5 Å². The van der Waals surface area contributed by atoms with Gasteiger partial charge in [-0.25, -0.2) is 0 Å². The van der Waals surface area contributed by atoms with E-state index in [1.807, 2.05) is 61.5 Å². The molecule has 0 aliphatic rings. The van der Waals surface area contributed by atoms with Gasteiger partial charge in [0.15, 0.2) is 4.80 Å². The van der Waals surface area contributed by atoms with Gasteiger partial charge in [-0.1, -0.05) is 47.7 Å². The topological polar surface area (TPSA) is 69.9 Å². The van der Waals surface area contributed by atoms with E-state index in [1.54, 1.807) is 10.6 Å². The van der Waals surface area contributed by atoms with Crippen molar-refractivity contribution in [2.75, 3.05) is 13.7 Å². The van der Waals surface area contributed by atoms with Crippen molar-refractivity contribution in [3.8, 4) is 5.75 Å². The lowest BCUT2D eigenvalue weighted by molar-refractivity contribution is -0.141. The number of ether oxygens (including phenoxy) is 2. The van der Waals surface area contributed by atoms with Crippen molar-refractivity contribution in [1.29, 1.82) is 0 Å². The molecule has 3 aromatic carbocycles. The van der Waals surface area contributed by atoms with Crippen LogP contribution in [0.4, 0.5) is 0 Å². The molecule has 0 atom stereocenters. The number of benzene rings is 3. The predicted octanol–water partition coefficient (Wildman–Crippen LogP) is 4.17. The number of hydrogen-bond acceptors (Lipinski definition) is 5. The largest absolute Gasteiger partial charge is 0.494 e. The van der Waals surface area contributed by atoms with Crippen molar-refractivity contribution >= 4 is 44.2 Å². The van der Waals surface area contributed by atoms with Crippen LogP contribution in [0, 0.1) is 0 Å². The molecule has 0 unspecified atom stereocenters. The monoisotopic (exact) mass is 420 g/mol. The van der Waals surface area contributed by atoms with E-state index in [2.05, 4.69) is 4.99 Å². The SMILES string of the molecule is CCOc1ccc2c(c1)sc(=NC(=O)c1cccc3ccccc13)n2CC(=O)OC. The summed E-state index contributed by atoms with van der Waals surface area (Å²) >= 11 is 1.33. The lowest BCUT2D eigenvalue weighted by atomic mass is 10.0. The second-order valence-electron chi connectivity index (χ2n) is 6.55. The molecular formula is C23H20N2O4S. The van der Waals surface area contributed by atoms with Gasteiger partial charge in [-0.15, -0.1) is 0 Å². The zero-order valence-corrected chi connectivity index (χ0v) is 17.4. The predicted molar refractivity (Wildman–Crippen MR) is 117 cm³/mol. The summed E-state index contributed by atoms with van der Waals surface area (Å²) in [7, 11) is 1.34. The Morgan fingerprint density at radius 3 is 2.67 bits per heavy atom. The van der Waals surface area contributed by atoms with Gasteiger partial charge in [-0.2, -0.15) is 4.99 Å². The van der Waals surface area contributed by atoms with Crippen LogP contribution in [0.15, 0.2) is 65.7 Å². The highest BCUT2D eigenvalue weighted by molar-refractivity contribution is 7.16. The van der Waals surface area contributed by atoms with Crippen LogP contribution in [0.3, 0.4) is 0 Å². The summed E-state index contributed by atoms with van der Waals surface area (Å²) < 4.78 is 13.0. The minimum atomic E-state index is -0.414. The molecule has 1 heterocycles. The zero-order valence-electron chi connectivity index (χ0n) is 16.6. The first-order chi connectivity index (χ1) is 14.6.